The van der Waals surface area contributed by atoms with Crippen molar-refractivity contribution in [3.8, 4) is 11.5 Å². The fourth-order valence-electron chi connectivity index (χ4n) is 4.02. The minimum absolute atomic E-state index is 0.0223. The van der Waals surface area contributed by atoms with Gasteiger partial charge in [0.15, 0.2) is 11.5 Å². The first-order valence-electron chi connectivity index (χ1n) is 13.5. The summed E-state index contributed by atoms with van der Waals surface area (Å²) in [7, 11) is 2.98. The number of alkyl halides is 3. The molecule has 0 saturated heterocycles. The van der Waals surface area contributed by atoms with Gasteiger partial charge in [0, 0.05) is 16.1 Å². The molecule has 0 radical (unpaired) electrons. The Hall–Kier alpha value is -4.94. The number of rotatable bonds is 11. The monoisotopic (exact) mass is 669 g/mol. The van der Waals surface area contributed by atoms with E-state index in [0.717, 1.165) is 30.0 Å². The van der Waals surface area contributed by atoms with Crippen LogP contribution in [0.25, 0.3) is 6.08 Å². The Balaban J connectivity index is 1.44. The van der Waals surface area contributed by atoms with Gasteiger partial charge in [-0.1, -0.05) is 35.9 Å². The summed E-state index contributed by atoms with van der Waals surface area (Å²) in [5.41, 5.74) is 0.211. The predicted octanol–water partition coefficient (Wildman–Crippen LogP) is 7.52. The lowest BCUT2D eigenvalue weighted by molar-refractivity contribution is -0.137. The van der Waals surface area contributed by atoms with E-state index in [1.807, 2.05) is 0 Å². The molecule has 0 bridgehead atoms. The summed E-state index contributed by atoms with van der Waals surface area (Å²) >= 11 is 7.09. The molecule has 238 valence electrons. The minimum atomic E-state index is -4.58. The van der Waals surface area contributed by atoms with Crippen LogP contribution in [0, 0.1) is 0 Å². The highest BCUT2D eigenvalue weighted by atomic mass is 35.5. The first-order valence-corrected chi connectivity index (χ1v) is 14.8. The maximum Gasteiger partial charge on any atom is 0.416 e. The molecule has 4 aromatic rings. The average molecular weight is 670 g/mol. The summed E-state index contributed by atoms with van der Waals surface area (Å²) in [6.07, 6.45) is -3.08. The molecule has 0 aliphatic carbocycles. The average Bonchev–Trinajstić information content (AvgIpc) is 3.04. The first-order chi connectivity index (χ1) is 22.0. The molecular formula is C33H27ClF3N3O5S. The Morgan fingerprint density at radius 3 is 2.20 bits per heavy atom. The number of amides is 3. The van der Waals surface area contributed by atoms with Crippen LogP contribution >= 0.6 is 23.4 Å². The summed E-state index contributed by atoms with van der Waals surface area (Å²) in [4.78, 5) is 39.4. The third kappa shape index (κ3) is 9.29. The van der Waals surface area contributed by atoms with Crippen LogP contribution in [0.2, 0.25) is 5.02 Å². The third-order valence-corrected chi connectivity index (χ3v) is 7.64. The van der Waals surface area contributed by atoms with Crippen molar-refractivity contribution in [2.75, 3.05) is 30.6 Å². The number of carbonyl (C=O) groups is 3. The molecule has 0 aliphatic heterocycles. The number of anilines is 2. The zero-order valence-corrected chi connectivity index (χ0v) is 26.0. The quantitative estimate of drug-likeness (QED) is 0.113. The van der Waals surface area contributed by atoms with Crippen molar-refractivity contribution in [2.45, 2.75) is 11.1 Å². The van der Waals surface area contributed by atoms with Crippen LogP contribution in [0.4, 0.5) is 24.5 Å². The van der Waals surface area contributed by atoms with Crippen LogP contribution in [0.1, 0.15) is 21.5 Å². The number of ether oxygens (including phenoxy) is 2. The van der Waals surface area contributed by atoms with Crippen LogP contribution in [-0.2, 0) is 15.8 Å². The largest absolute Gasteiger partial charge is 0.493 e. The fourth-order valence-corrected chi connectivity index (χ4v) is 4.88. The van der Waals surface area contributed by atoms with Crippen molar-refractivity contribution in [2.24, 2.45) is 0 Å². The lowest BCUT2D eigenvalue weighted by Gasteiger charge is -2.13. The normalized spacial score (nSPS) is 11.4. The van der Waals surface area contributed by atoms with Gasteiger partial charge in [-0.25, -0.2) is 0 Å². The van der Waals surface area contributed by atoms with Crippen molar-refractivity contribution in [3.05, 3.63) is 118 Å². The number of halogens is 4. The minimum Gasteiger partial charge on any atom is -0.493 e. The van der Waals surface area contributed by atoms with Gasteiger partial charge < -0.3 is 25.4 Å². The van der Waals surface area contributed by atoms with Gasteiger partial charge in [0.2, 0.25) is 5.91 Å². The van der Waals surface area contributed by atoms with Crippen molar-refractivity contribution >= 4 is 58.5 Å². The van der Waals surface area contributed by atoms with E-state index in [0.29, 0.717) is 33.2 Å². The Bertz CT molecular complexity index is 1750. The summed E-state index contributed by atoms with van der Waals surface area (Å²) in [5.74, 6) is -0.820. The van der Waals surface area contributed by atoms with E-state index in [1.165, 1.54) is 20.3 Å². The van der Waals surface area contributed by atoms with E-state index >= 15 is 0 Å². The highest BCUT2D eigenvalue weighted by molar-refractivity contribution is 8.00. The maximum absolute atomic E-state index is 13.4. The zero-order chi connectivity index (χ0) is 33.3. The number of hydrogen-bond donors (Lipinski definition) is 3. The molecule has 0 aromatic heterocycles. The molecule has 0 saturated carbocycles. The molecule has 46 heavy (non-hydrogen) atoms. The lowest BCUT2D eigenvalue weighted by atomic mass is 10.1. The number of thioether (sulfide) groups is 1. The predicted molar refractivity (Wildman–Crippen MR) is 172 cm³/mol. The van der Waals surface area contributed by atoms with Crippen LogP contribution in [0.5, 0.6) is 11.5 Å². The molecule has 13 heteroatoms. The SMILES string of the molecule is COc1ccc(/C=C(\NC(=O)c2ccccc2)C(=O)Nc2ccc(SCC(=O)Nc3cc(C(F)(F)F)ccc3Cl)cc2)cc1OC. The van der Waals surface area contributed by atoms with Crippen LogP contribution in [0.15, 0.2) is 102 Å². The fraction of sp³-hybridized carbons (Fsp3) is 0.121. The highest BCUT2D eigenvalue weighted by Gasteiger charge is 2.31. The van der Waals surface area contributed by atoms with Crippen molar-refractivity contribution in [1.29, 1.82) is 0 Å². The molecule has 4 aromatic carbocycles. The number of nitrogens with one attached hydrogen (secondary N) is 3. The maximum atomic E-state index is 13.4. The van der Waals surface area contributed by atoms with E-state index in [-0.39, 0.29) is 22.2 Å². The third-order valence-electron chi connectivity index (χ3n) is 6.30. The Labute approximate surface area is 271 Å². The molecule has 3 amide bonds. The van der Waals surface area contributed by atoms with Crippen molar-refractivity contribution < 1.29 is 37.0 Å². The van der Waals surface area contributed by atoms with Crippen molar-refractivity contribution in [1.82, 2.24) is 5.32 Å². The van der Waals surface area contributed by atoms with E-state index < -0.39 is 29.5 Å². The van der Waals surface area contributed by atoms with E-state index in [2.05, 4.69) is 16.0 Å². The molecule has 0 aliphatic rings. The molecule has 0 atom stereocenters. The summed E-state index contributed by atoms with van der Waals surface area (Å²) in [5, 5.41) is 7.79. The lowest BCUT2D eigenvalue weighted by Crippen LogP contribution is -2.30. The molecule has 3 N–H and O–H groups in total. The van der Waals surface area contributed by atoms with Gasteiger partial charge >= 0.3 is 6.18 Å². The second kappa shape index (κ2) is 15.4. The second-order valence-corrected chi connectivity index (χ2v) is 11.0. The molecule has 4 rings (SSSR count). The van der Waals surface area contributed by atoms with Gasteiger partial charge in [0.1, 0.15) is 5.70 Å². The number of benzene rings is 4. The van der Waals surface area contributed by atoms with Gasteiger partial charge in [-0.15, -0.1) is 11.8 Å². The molecule has 8 nitrogen and oxygen atoms in total. The Kier molecular flexibility index (Phi) is 11.3. The molecule has 0 unspecified atom stereocenters. The smallest absolute Gasteiger partial charge is 0.416 e. The standard InChI is InChI=1S/C33H27ClF3N3O5S/c1-44-28-15-8-20(17-29(28)45-2)16-27(40-31(42)21-6-4-3-5-7-21)32(43)38-23-10-12-24(13-11-23)46-19-30(41)39-26-18-22(33(35,36)37)9-14-25(26)34/h3-18H,19H2,1-2H3,(H,38,43)(H,39,41)(H,40,42)/b27-16-. The van der Waals surface area contributed by atoms with Crippen molar-refractivity contribution in [3.63, 3.8) is 0 Å². The first kappa shape index (κ1) is 33.9. The second-order valence-electron chi connectivity index (χ2n) is 9.50. The molecule has 0 spiro atoms. The summed E-state index contributed by atoms with van der Waals surface area (Å²) < 4.78 is 49.7. The van der Waals surface area contributed by atoms with Gasteiger partial charge in [0.05, 0.1) is 36.2 Å². The van der Waals surface area contributed by atoms with Gasteiger partial charge in [0.25, 0.3) is 11.8 Å². The topological polar surface area (TPSA) is 106 Å². The highest BCUT2D eigenvalue weighted by Crippen LogP contribution is 2.34. The number of carbonyl (C=O) groups excluding carboxylic acids is 3. The van der Waals surface area contributed by atoms with E-state index in [4.69, 9.17) is 21.1 Å². The van der Waals surface area contributed by atoms with E-state index in [9.17, 15) is 27.6 Å². The van der Waals surface area contributed by atoms with E-state index in [1.54, 1.807) is 72.8 Å². The Morgan fingerprint density at radius 1 is 0.848 bits per heavy atom. The summed E-state index contributed by atoms with van der Waals surface area (Å²) in [6, 6.07) is 22.6. The van der Waals surface area contributed by atoms with Gasteiger partial charge in [-0.3, -0.25) is 14.4 Å². The van der Waals surface area contributed by atoms with Gasteiger partial charge in [-0.2, -0.15) is 13.2 Å². The zero-order valence-electron chi connectivity index (χ0n) is 24.4. The molecular weight excluding hydrogens is 643 g/mol. The van der Waals surface area contributed by atoms with Crippen LogP contribution < -0.4 is 25.4 Å². The summed E-state index contributed by atoms with van der Waals surface area (Å²) in [6.45, 7) is 0. The van der Waals surface area contributed by atoms with Crippen LogP contribution in [0.3, 0.4) is 0 Å². The number of methoxy groups -OCH3 is 2. The van der Waals surface area contributed by atoms with Crippen LogP contribution in [-0.4, -0.2) is 37.7 Å². The van der Waals surface area contributed by atoms with Gasteiger partial charge in [-0.05, 0) is 78.4 Å². The number of hydrogen-bond acceptors (Lipinski definition) is 6. The molecule has 0 fully saturated rings. The molecule has 0 heterocycles. The Morgan fingerprint density at radius 2 is 1.54 bits per heavy atom.